The van der Waals surface area contributed by atoms with E-state index < -0.39 is 0 Å². The zero-order valence-electron chi connectivity index (χ0n) is 19.6. The molecule has 7 nitrogen and oxygen atoms in total. The summed E-state index contributed by atoms with van der Waals surface area (Å²) in [4.78, 5) is 26.6. The Morgan fingerprint density at radius 1 is 1.23 bits per heavy atom. The molecular formula is C26H25FN6OS. The summed E-state index contributed by atoms with van der Waals surface area (Å²) in [6.45, 7) is 4.28. The molecule has 1 unspecified atom stereocenters. The molecule has 5 rings (SSSR count). The molecule has 0 bridgehead atoms. The van der Waals surface area contributed by atoms with Crippen LogP contribution < -0.4 is 10.5 Å². The number of nitrogens with zero attached hydrogens (tertiary/aromatic N) is 6. The van der Waals surface area contributed by atoms with Crippen molar-refractivity contribution >= 4 is 28.1 Å². The molecule has 0 N–H and O–H groups in total. The van der Waals surface area contributed by atoms with Crippen molar-refractivity contribution < 1.29 is 4.39 Å². The smallest absolute Gasteiger partial charge is 0.252 e. The molecule has 178 valence electrons. The van der Waals surface area contributed by atoms with E-state index in [0.29, 0.717) is 23.3 Å². The molecule has 0 radical (unpaired) electrons. The van der Waals surface area contributed by atoms with Gasteiger partial charge in [0.05, 0.1) is 28.5 Å². The Morgan fingerprint density at radius 3 is 2.71 bits per heavy atom. The predicted octanol–water partition coefficient (Wildman–Crippen LogP) is 4.09. The lowest BCUT2D eigenvalue weighted by molar-refractivity contribution is 0.179. The van der Waals surface area contributed by atoms with Crippen molar-refractivity contribution in [2.75, 3.05) is 24.5 Å². The minimum absolute atomic E-state index is 0.0817. The molecule has 0 amide bonds. The lowest BCUT2D eigenvalue weighted by Crippen LogP contribution is -2.54. The molecule has 35 heavy (non-hydrogen) atoms. The first-order chi connectivity index (χ1) is 17.0. The number of halogens is 1. The van der Waals surface area contributed by atoms with Gasteiger partial charge in [-0.15, -0.1) is 11.3 Å². The molecule has 4 heterocycles. The normalized spacial score (nSPS) is 17.4. The van der Waals surface area contributed by atoms with E-state index in [2.05, 4.69) is 32.8 Å². The molecule has 1 aliphatic heterocycles. The highest BCUT2D eigenvalue weighted by Gasteiger charge is 2.33. The monoisotopic (exact) mass is 488 g/mol. The molecule has 1 fully saturated rings. The van der Waals surface area contributed by atoms with Crippen molar-refractivity contribution in [2.24, 2.45) is 7.05 Å². The highest BCUT2D eigenvalue weighted by molar-refractivity contribution is 7.07. The summed E-state index contributed by atoms with van der Waals surface area (Å²) in [6.07, 6.45) is 0.859. The lowest BCUT2D eigenvalue weighted by Gasteiger charge is -2.45. The van der Waals surface area contributed by atoms with Gasteiger partial charge in [0.2, 0.25) is 0 Å². The molecule has 3 aromatic heterocycles. The minimum atomic E-state index is -0.260. The van der Waals surface area contributed by atoms with Crippen LogP contribution >= 0.6 is 11.3 Å². The van der Waals surface area contributed by atoms with E-state index in [0.717, 1.165) is 36.5 Å². The van der Waals surface area contributed by atoms with Gasteiger partial charge in [-0.25, -0.2) is 14.4 Å². The van der Waals surface area contributed by atoms with E-state index in [1.165, 1.54) is 12.1 Å². The Hall–Kier alpha value is -3.61. The molecule has 4 aromatic rings. The van der Waals surface area contributed by atoms with Crippen LogP contribution in [-0.2, 0) is 7.05 Å². The zero-order valence-corrected chi connectivity index (χ0v) is 20.4. The van der Waals surface area contributed by atoms with Gasteiger partial charge in [0.1, 0.15) is 23.1 Å². The number of pyridine rings is 2. The van der Waals surface area contributed by atoms with Gasteiger partial charge in [0.25, 0.3) is 5.56 Å². The summed E-state index contributed by atoms with van der Waals surface area (Å²) in [5, 5.41) is 11.4. The van der Waals surface area contributed by atoms with E-state index in [1.54, 1.807) is 41.2 Å². The van der Waals surface area contributed by atoms with Gasteiger partial charge in [-0.2, -0.15) is 5.26 Å². The number of rotatable bonds is 5. The van der Waals surface area contributed by atoms with Crippen LogP contribution in [0.5, 0.6) is 0 Å². The van der Waals surface area contributed by atoms with Crippen molar-refractivity contribution in [3.63, 3.8) is 0 Å². The first kappa shape index (κ1) is 23.1. The number of hydrogen-bond acceptors (Lipinski definition) is 7. The van der Waals surface area contributed by atoms with Gasteiger partial charge in [-0.05, 0) is 36.2 Å². The van der Waals surface area contributed by atoms with Crippen molar-refractivity contribution in [3.8, 4) is 6.07 Å². The number of aryl methyl sites for hydroxylation is 1. The fourth-order valence-corrected chi connectivity index (χ4v) is 5.52. The molecule has 1 aliphatic rings. The van der Waals surface area contributed by atoms with Crippen LogP contribution in [0.3, 0.4) is 0 Å². The van der Waals surface area contributed by atoms with Gasteiger partial charge >= 0.3 is 0 Å². The number of anilines is 1. The van der Waals surface area contributed by atoms with E-state index in [-0.39, 0.29) is 23.5 Å². The Labute approximate surface area is 206 Å². The summed E-state index contributed by atoms with van der Waals surface area (Å²) in [7, 11) is 1.72. The third-order valence-corrected chi connectivity index (χ3v) is 7.37. The maximum Gasteiger partial charge on any atom is 0.252 e. The van der Waals surface area contributed by atoms with E-state index in [1.807, 2.05) is 23.0 Å². The fourth-order valence-electron chi connectivity index (χ4n) is 4.94. The summed E-state index contributed by atoms with van der Waals surface area (Å²) in [6, 6.07) is 13.8. The topological polar surface area (TPSA) is 78.0 Å². The second kappa shape index (κ2) is 9.56. The molecule has 2 atom stereocenters. The number of aromatic nitrogens is 3. The summed E-state index contributed by atoms with van der Waals surface area (Å²) in [5.74, 6) is -0.260. The van der Waals surface area contributed by atoms with Crippen molar-refractivity contribution in [2.45, 2.75) is 25.4 Å². The third kappa shape index (κ3) is 4.31. The van der Waals surface area contributed by atoms with Crippen molar-refractivity contribution in [1.82, 2.24) is 19.4 Å². The zero-order chi connectivity index (χ0) is 24.5. The summed E-state index contributed by atoms with van der Waals surface area (Å²) >= 11 is 1.55. The lowest BCUT2D eigenvalue weighted by atomic mass is 9.99. The number of nitriles is 1. The summed E-state index contributed by atoms with van der Waals surface area (Å²) in [5.41, 5.74) is 6.11. The van der Waals surface area contributed by atoms with Crippen LogP contribution in [0.25, 0.3) is 11.0 Å². The van der Waals surface area contributed by atoms with Crippen LogP contribution in [0.4, 0.5) is 10.1 Å². The van der Waals surface area contributed by atoms with Crippen LogP contribution in [0.15, 0.2) is 58.1 Å². The van der Waals surface area contributed by atoms with Gasteiger partial charge in [-0.1, -0.05) is 19.1 Å². The Balaban J connectivity index is 1.53. The Kier molecular flexibility index (Phi) is 6.32. The number of piperazine rings is 1. The maximum atomic E-state index is 13.6. The van der Waals surface area contributed by atoms with E-state index in [9.17, 15) is 14.4 Å². The predicted molar refractivity (Wildman–Crippen MR) is 135 cm³/mol. The molecule has 1 saturated heterocycles. The quantitative estimate of drug-likeness (QED) is 0.421. The van der Waals surface area contributed by atoms with Crippen LogP contribution in [0, 0.1) is 17.1 Å². The van der Waals surface area contributed by atoms with Crippen molar-refractivity contribution in [1.29, 1.82) is 5.26 Å². The van der Waals surface area contributed by atoms with Gasteiger partial charge in [0, 0.05) is 44.2 Å². The van der Waals surface area contributed by atoms with E-state index in [4.69, 9.17) is 0 Å². The molecule has 0 aliphatic carbocycles. The van der Waals surface area contributed by atoms with Crippen LogP contribution in [0.1, 0.15) is 36.3 Å². The molecule has 9 heteroatoms. The fraction of sp³-hybridized carbons (Fsp3) is 0.308. The highest BCUT2D eigenvalue weighted by atomic mass is 32.1. The number of fused-ring (bicyclic) bond motifs is 1. The first-order valence-electron chi connectivity index (χ1n) is 11.5. The molecule has 0 spiro atoms. The standard InChI is InChI=1S/C26H25FN6OS/c1-3-20-14-32(26(21-15-35-16-29-21)17-4-6-18(27)7-5-17)10-11-33(20)23-12-24(34)31(2)22-9-8-19(13-28)30-25(22)23/h4-9,12,15-16,20,26H,3,10-11,14H2,1-2H3/t20-,26?/m0/s1. The average molecular weight is 489 g/mol. The van der Waals surface area contributed by atoms with Crippen molar-refractivity contribution in [3.05, 3.63) is 86.5 Å². The van der Waals surface area contributed by atoms with Crippen LogP contribution in [0.2, 0.25) is 0 Å². The van der Waals surface area contributed by atoms with E-state index >= 15 is 0 Å². The Bertz CT molecular complexity index is 1440. The molecular weight excluding hydrogens is 463 g/mol. The first-order valence-corrected chi connectivity index (χ1v) is 12.5. The molecule has 1 aromatic carbocycles. The van der Waals surface area contributed by atoms with Gasteiger partial charge in [-0.3, -0.25) is 9.69 Å². The second-order valence-electron chi connectivity index (χ2n) is 8.72. The minimum Gasteiger partial charge on any atom is -0.364 e. The largest absolute Gasteiger partial charge is 0.364 e. The molecule has 0 saturated carbocycles. The second-order valence-corrected chi connectivity index (χ2v) is 9.44. The average Bonchev–Trinajstić information content (AvgIpc) is 3.41. The number of hydrogen-bond donors (Lipinski definition) is 0. The number of benzene rings is 1. The summed E-state index contributed by atoms with van der Waals surface area (Å²) < 4.78 is 15.2. The third-order valence-electron chi connectivity index (χ3n) is 6.76. The Morgan fingerprint density at radius 2 is 2.03 bits per heavy atom. The van der Waals surface area contributed by atoms with Crippen LogP contribution in [-0.4, -0.2) is 45.1 Å². The van der Waals surface area contributed by atoms with Gasteiger partial charge < -0.3 is 9.47 Å². The highest BCUT2D eigenvalue weighted by Crippen LogP contribution is 2.34. The van der Waals surface area contributed by atoms with Gasteiger partial charge in [0.15, 0.2) is 0 Å². The maximum absolute atomic E-state index is 13.6. The SMILES string of the molecule is CC[C@H]1CN(C(c2ccc(F)cc2)c2cscn2)CCN1c1cc(=O)n(C)c2ccc(C#N)nc12. The number of thiazole rings is 1.